The zero-order valence-corrected chi connectivity index (χ0v) is 14.8. The van der Waals surface area contributed by atoms with Crippen molar-refractivity contribution in [2.75, 3.05) is 0 Å². The topological polar surface area (TPSA) is 56.5 Å². The summed E-state index contributed by atoms with van der Waals surface area (Å²) >= 11 is 0. The monoisotopic (exact) mass is 336 g/mol. The molecule has 2 aromatic carbocycles. The van der Waals surface area contributed by atoms with Crippen molar-refractivity contribution in [2.45, 2.75) is 33.8 Å². The average Bonchev–Trinajstić information content (AvgIpc) is 2.62. The number of aryl methyl sites for hydroxylation is 2. The van der Waals surface area contributed by atoms with E-state index < -0.39 is 6.10 Å². The normalized spacial score (nSPS) is 12.2. The first-order valence-electron chi connectivity index (χ1n) is 8.19. The number of fused-ring (bicyclic) bond motifs is 1. The summed E-state index contributed by atoms with van der Waals surface area (Å²) < 4.78 is 11.3. The molecule has 3 aromatic rings. The number of rotatable bonds is 4. The SMILES string of the molecule is Cc1c(C)c2ccc(OC(C)C(=O)c3ccccc3)c(C)c2oc1=O. The van der Waals surface area contributed by atoms with Crippen molar-refractivity contribution >= 4 is 16.8 Å². The largest absolute Gasteiger partial charge is 0.482 e. The highest BCUT2D eigenvalue weighted by atomic mass is 16.5. The van der Waals surface area contributed by atoms with Crippen LogP contribution in [0.5, 0.6) is 5.75 Å². The molecule has 0 spiro atoms. The van der Waals surface area contributed by atoms with E-state index in [1.807, 2.05) is 44.2 Å². The van der Waals surface area contributed by atoms with E-state index in [9.17, 15) is 9.59 Å². The highest BCUT2D eigenvalue weighted by molar-refractivity contribution is 5.99. The van der Waals surface area contributed by atoms with Gasteiger partial charge in [0, 0.05) is 22.1 Å². The predicted octanol–water partition coefficient (Wildman–Crippen LogP) is 4.37. The number of ketones is 1. The maximum atomic E-state index is 12.5. The molecule has 0 aliphatic rings. The molecule has 0 saturated heterocycles. The molecule has 0 N–H and O–H groups in total. The Kier molecular flexibility index (Phi) is 4.45. The molecule has 0 radical (unpaired) electrons. The fourth-order valence-electron chi connectivity index (χ4n) is 2.83. The summed E-state index contributed by atoms with van der Waals surface area (Å²) in [5.74, 6) is 0.442. The van der Waals surface area contributed by atoms with Gasteiger partial charge in [0.05, 0.1) is 0 Å². The number of ether oxygens (including phenoxy) is 1. The van der Waals surface area contributed by atoms with Crippen LogP contribution in [0.1, 0.15) is 34.0 Å². The van der Waals surface area contributed by atoms with Gasteiger partial charge in [-0.2, -0.15) is 0 Å². The maximum Gasteiger partial charge on any atom is 0.339 e. The van der Waals surface area contributed by atoms with E-state index in [2.05, 4.69) is 0 Å². The van der Waals surface area contributed by atoms with Crippen LogP contribution < -0.4 is 10.4 Å². The first kappa shape index (κ1) is 17.0. The van der Waals surface area contributed by atoms with Crippen LogP contribution in [-0.4, -0.2) is 11.9 Å². The summed E-state index contributed by atoms with van der Waals surface area (Å²) in [4.78, 5) is 24.4. The zero-order chi connectivity index (χ0) is 18.1. The van der Waals surface area contributed by atoms with Crippen molar-refractivity contribution in [1.29, 1.82) is 0 Å². The smallest absolute Gasteiger partial charge is 0.339 e. The Bertz CT molecular complexity index is 1000. The third-order valence-electron chi connectivity index (χ3n) is 4.55. The first-order valence-corrected chi connectivity index (χ1v) is 8.19. The fourth-order valence-corrected chi connectivity index (χ4v) is 2.83. The van der Waals surface area contributed by atoms with Crippen LogP contribution in [0.25, 0.3) is 11.0 Å². The minimum Gasteiger partial charge on any atom is -0.482 e. The Morgan fingerprint density at radius 2 is 1.64 bits per heavy atom. The standard InChI is InChI=1S/C21H20O4/c1-12-13(2)21(23)25-20-14(3)18(11-10-17(12)20)24-15(4)19(22)16-8-6-5-7-9-16/h5-11,15H,1-4H3. The van der Waals surface area contributed by atoms with Crippen LogP contribution >= 0.6 is 0 Å². The number of benzene rings is 2. The lowest BCUT2D eigenvalue weighted by atomic mass is 10.0. The summed E-state index contributed by atoms with van der Waals surface area (Å²) in [6.45, 7) is 7.20. The molecule has 1 unspecified atom stereocenters. The highest BCUT2D eigenvalue weighted by Crippen LogP contribution is 2.30. The number of hydrogen-bond acceptors (Lipinski definition) is 4. The Morgan fingerprint density at radius 1 is 0.960 bits per heavy atom. The van der Waals surface area contributed by atoms with Crippen molar-refractivity contribution < 1.29 is 13.9 Å². The Hall–Kier alpha value is -2.88. The molecule has 1 atom stereocenters. The number of Topliss-reactive ketones (excluding diaryl/α,β-unsaturated/α-hetero) is 1. The number of hydrogen-bond donors (Lipinski definition) is 0. The van der Waals surface area contributed by atoms with Crippen molar-refractivity contribution in [3.63, 3.8) is 0 Å². The average molecular weight is 336 g/mol. The van der Waals surface area contributed by atoms with Crippen molar-refractivity contribution in [1.82, 2.24) is 0 Å². The second-order valence-electron chi connectivity index (χ2n) is 6.20. The Balaban J connectivity index is 1.97. The van der Waals surface area contributed by atoms with Gasteiger partial charge in [-0.25, -0.2) is 4.79 Å². The molecule has 0 aliphatic carbocycles. The lowest BCUT2D eigenvalue weighted by Gasteiger charge is -2.17. The summed E-state index contributed by atoms with van der Waals surface area (Å²) in [5.41, 5.74) is 2.97. The molecule has 25 heavy (non-hydrogen) atoms. The quantitative estimate of drug-likeness (QED) is 0.524. The molecule has 3 rings (SSSR count). The maximum absolute atomic E-state index is 12.5. The predicted molar refractivity (Wildman–Crippen MR) is 97.6 cm³/mol. The molecule has 128 valence electrons. The number of carbonyl (C=O) groups is 1. The summed E-state index contributed by atoms with van der Waals surface area (Å²) in [7, 11) is 0. The molecular formula is C21H20O4. The molecule has 1 heterocycles. The van der Waals surface area contributed by atoms with Gasteiger partial charge < -0.3 is 9.15 Å². The second-order valence-corrected chi connectivity index (χ2v) is 6.20. The van der Waals surface area contributed by atoms with Gasteiger partial charge in [0.2, 0.25) is 5.78 Å². The van der Waals surface area contributed by atoms with E-state index in [-0.39, 0.29) is 11.4 Å². The first-order chi connectivity index (χ1) is 11.9. The Labute approximate surface area is 146 Å². The van der Waals surface area contributed by atoms with Crippen LogP contribution in [0.2, 0.25) is 0 Å². The zero-order valence-electron chi connectivity index (χ0n) is 14.8. The van der Waals surface area contributed by atoms with Gasteiger partial charge in [-0.3, -0.25) is 4.79 Å². The lowest BCUT2D eigenvalue weighted by Crippen LogP contribution is -2.24. The second kappa shape index (κ2) is 6.55. The van der Waals surface area contributed by atoms with Crippen LogP contribution in [0.4, 0.5) is 0 Å². The molecule has 1 aromatic heterocycles. The minimum atomic E-state index is -0.642. The third-order valence-corrected chi connectivity index (χ3v) is 4.55. The molecule has 0 fully saturated rings. The fraction of sp³-hybridized carbons (Fsp3) is 0.238. The van der Waals surface area contributed by atoms with Gasteiger partial charge >= 0.3 is 5.63 Å². The van der Waals surface area contributed by atoms with Crippen LogP contribution in [-0.2, 0) is 0 Å². The van der Waals surface area contributed by atoms with Crippen molar-refractivity contribution in [2.24, 2.45) is 0 Å². The number of carbonyl (C=O) groups excluding carboxylic acids is 1. The highest BCUT2D eigenvalue weighted by Gasteiger charge is 2.19. The van der Waals surface area contributed by atoms with Gasteiger partial charge in [-0.1, -0.05) is 30.3 Å². The molecule has 4 heteroatoms. The molecular weight excluding hydrogens is 316 g/mol. The minimum absolute atomic E-state index is 0.0957. The lowest BCUT2D eigenvalue weighted by molar-refractivity contribution is 0.0817. The van der Waals surface area contributed by atoms with Gasteiger partial charge in [-0.05, 0) is 45.4 Å². The van der Waals surface area contributed by atoms with E-state index in [1.165, 1.54) is 0 Å². The van der Waals surface area contributed by atoms with Gasteiger partial charge in [-0.15, -0.1) is 0 Å². The van der Waals surface area contributed by atoms with Gasteiger partial charge in [0.25, 0.3) is 0 Å². The van der Waals surface area contributed by atoms with Crippen LogP contribution in [0, 0.1) is 20.8 Å². The van der Waals surface area contributed by atoms with E-state index in [1.54, 1.807) is 26.0 Å². The van der Waals surface area contributed by atoms with E-state index in [0.717, 1.165) is 10.9 Å². The summed E-state index contributed by atoms with van der Waals surface area (Å²) in [5, 5.41) is 0.879. The van der Waals surface area contributed by atoms with Crippen molar-refractivity contribution in [3.8, 4) is 5.75 Å². The van der Waals surface area contributed by atoms with Gasteiger partial charge in [0.15, 0.2) is 6.10 Å². The molecule has 4 nitrogen and oxygen atoms in total. The van der Waals surface area contributed by atoms with Crippen molar-refractivity contribution in [3.05, 3.63) is 75.1 Å². The van der Waals surface area contributed by atoms with E-state index in [4.69, 9.17) is 9.15 Å². The van der Waals surface area contributed by atoms with E-state index >= 15 is 0 Å². The molecule has 0 bridgehead atoms. The van der Waals surface area contributed by atoms with Crippen LogP contribution in [0.15, 0.2) is 51.7 Å². The summed E-state index contributed by atoms with van der Waals surface area (Å²) in [6.07, 6.45) is -0.642. The summed E-state index contributed by atoms with van der Waals surface area (Å²) in [6, 6.07) is 12.7. The van der Waals surface area contributed by atoms with Gasteiger partial charge in [0.1, 0.15) is 11.3 Å². The molecule has 0 aliphatic heterocycles. The van der Waals surface area contributed by atoms with Crippen LogP contribution in [0.3, 0.4) is 0 Å². The Morgan fingerprint density at radius 3 is 2.32 bits per heavy atom. The molecule has 0 amide bonds. The molecule has 0 saturated carbocycles. The van der Waals surface area contributed by atoms with E-state index in [0.29, 0.717) is 28.0 Å². The third kappa shape index (κ3) is 3.07.